The summed E-state index contributed by atoms with van der Waals surface area (Å²) in [6.07, 6.45) is -0.0556. The van der Waals surface area contributed by atoms with Crippen molar-refractivity contribution in [3.63, 3.8) is 0 Å². The monoisotopic (exact) mass is 155 g/mol. The second-order valence-electron chi connectivity index (χ2n) is 1.54. The second-order valence-corrected chi connectivity index (χ2v) is 1.54. The van der Waals surface area contributed by atoms with Crippen LogP contribution in [0.25, 0.3) is 0 Å². The van der Waals surface area contributed by atoms with Gasteiger partial charge in [-0.2, -0.15) is 0 Å². The smallest absolute Gasteiger partial charge is 0.206 e. The van der Waals surface area contributed by atoms with Gasteiger partial charge in [0.05, 0.1) is 7.05 Å². The van der Waals surface area contributed by atoms with Crippen molar-refractivity contribution in [2.75, 3.05) is 27.8 Å². The number of halogens is 1. The third-order valence-corrected chi connectivity index (χ3v) is 0.954. The first-order chi connectivity index (χ1) is 3.85. The largest absolute Gasteiger partial charge is 1.00 e. The molecule has 0 saturated heterocycles. The highest BCUT2D eigenvalue weighted by molar-refractivity contribution is 4.30. The summed E-state index contributed by atoms with van der Waals surface area (Å²) >= 11 is 0. The van der Waals surface area contributed by atoms with E-state index in [0.29, 0.717) is 0 Å². The summed E-state index contributed by atoms with van der Waals surface area (Å²) < 4.78 is 9.77. The molecular weight excluding hydrogens is 142 g/mol. The Morgan fingerprint density at radius 2 is 1.78 bits per heavy atom. The van der Waals surface area contributed by atoms with Gasteiger partial charge in [0, 0.05) is 14.2 Å². The van der Waals surface area contributed by atoms with E-state index in [0.717, 1.165) is 6.54 Å². The van der Waals surface area contributed by atoms with Crippen molar-refractivity contribution in [2.24, 2.45) is 0 Å². The molecular formula is C5H14ClNO2. The molecule has 58 valence electrons. The number of nitrogens with two attached hydrogens (primary N) is 1. The molecule has 0 amide bonds. The Labute approximate surface area is 62.1 Å². The van der Waals surface area contributed by atoms with Gasteiger partial charge >= 0.3 is 0 Å². The maximum absolute atomic E-state index is 4.89. The third kappa shape index (κ3) is 6.05. The van der Waals surface area contributed by atoms with Gasteiger partial charge in [0.1, 0.15) is 6.54 Å². The van der Waals surface area contributed by atoms with Crippen LogP contribution in [0.4, 0.5) is 0 Å². The lowest BCUT2D eigenvalue weighted by molar-refractivity contribution is -0.641. The van der Waals surface area contributed by atoms with Crippen LogP contribution in [-0.2, 0) is 9.47 Å². The normalized spacial score (nSPS) is 9.33. The minimum atomic E-state index is -0.0556. The lowest BCUT2D eigenvalue weighted by atomic mass is 10.6. The van der Waals surface area contributed by atoms with Gasteiger partial charge in [0.25, 0.3) is 0 Å². The van der Waals surface area contributed by atoms with Crippen LogP contribution in [0.15, 0.2) is 0 Å². The van der Waals surface area contributed by atoms with Crippen molar-refractivity contribution in [3.05, 3.63) is 0 Å². The van der Waals surface area contributed by atoms with Crippen molar-refractivity contribution < 1.29 is 27.2 Å². The van der Waals surface area contributed by atoms with Crippen LogP contribution in [0.3, 0.4) is 0 Å². The SMILES string of the molecule is C[NH2+]CC(OC)OC.[Cl-]. The minimum Gasteiger partial charge on any atom is -1.00 e. The van der Waals surface area contributed by atoms with Crippen molar-refractivity contribution in [2.45, 2.75) is 6.29 Å². The summed E-state index contributed by atoms with van der Waals surface area (Å²) in [5, 5.41) is 2.01. The molecule has 0 aromatic rings. The number of ether oxygens (including phenoxy) is 2. The molecule has 0 aromatic carbocycles. The molecule has 0 spiro atoms. The number of rotatable bonds is 4. The summed E-state index contributed by atoms with van der Waals surface area (Å²) in [4.78, 5) is 0. The van der Waals surface area contributed by atoms with Gasteiger partial charge in [0.2, 0.25) is 6.29 Å². The minimum absolute atomic E-state index is 0. The van der Waals surface area contributed by atoms with Crippen LogP contribution < -0.4 is 17.7 Å². The first kappa shape index (κ1) is 11.9. The van der Waals surface area contributed by atoms with E-state index >= 15 is 0 Å². The maximum atomic E-state index is 4.89. The molecule has 3 nitrogen and oxygen atoms in total. The fourth-order valence-electron chi connectivity index (χ4n) is 0.481. The number of hydrogen-bond donors (Lipinski definition) is 1. The van der Waals surface area contributed by atoms with E-state index < -0.39 is 0 Å². The van der Waals surface area contributed by atoms with Gasteiger partial charge in [-0.1, -0.05) is 0 Å². The van der Waals surface area contributed by atoms with E-state index in [2.05, 4.69) is 0 Å². The zero-order chi connectivity index (χ0) is 6.41. The summed E-state index contributed by atoms with van der Waals surface area (Å²) in [6.45, 7) is 0.854. The molecule has 0 aliphatic carbocycles. The highest BCUT2D eigenvalue weighted by Gasteiger charge is 2.02. The molecule has 0 radical (unpaired) electrons. The lowest BCUT2D eigenvalue weighted by Gasteiger charge is -2.08. The molecule has 2 N–H and O–H groups in total. The zero-order valence-corrected chi connectivity index (χ0v) is 6.81. The third-order valence-electron chi connectivity index (χ3n) is 0.954. The molecule has 0 aromatic heterocycles. The van der Waals surface area contributed by atoms with Crippen molar-refractivity contribution >= 4 is 0 Å². The van der Waals surface area contributed by atoms with Crippen molar-refractivity contribution in [1.82, 2.24) is 0 Å². The molecule has 4 heteroatoms. The number of methoxy groups -OCH3 is 2. The molecule has 0 unspecified atom stereocenters. The quantitative estimate of drug-likeness (QED) is 0.418. The highest BCUT2D eigenvalue weighted by Crippen LogP contribution is 1.82. The topological polar surface area (TPSA) is 35.1 Å². The van der Waals surface area contributed by atoms with Crippen LogP contribution in [0, 0.1) is 0 Å². The predicted octanol–water partition coefficient (Wildman–Crippen LogP) is -4.20. The molecule has 0 bridgehead atoms. The van der Waals surface area contributed by atoms with Crippen molar-refractivity contribution in [3.8, 4) is 0 Å². The Hall–Kier alpha value is 0.170. The molecule has 0 aliphatic rings. The first-order valence-electron chi connectivity index (χ1n) is 2.68. The second kappa shape index (κ2) is 8.17. The molecule has 0 aliphatic heterocycles. The van der Waals surface area contributed by atoms with E-state index in [1.54, 1.807) is 14.2 Å². The average Bonchev–Trinajstić information content (AvgIpc) is 1.83. The van der Waals surface area contributed by atoms with Gasteiger partial charge in [-0.25, -0.2) is 0 Å². The van der Waals surface area contributed by atoms with E-state index in [1.807, 2.05) is 12.4 Å². The Morgan fingerprint density at radius 3 is 1.89 bits per heavy atom. The summed E-state index contributed by atoms with van der Waals surface area (Å²) in [7, 11) is 5.25. The number of hydrogen-bond acceptors (Lipinski definition) is 2. The Bertz CT molecular complexity index is 50.2. The molecule has 0 fully saturated rings. The summed E-state index contributed by atoms with van der Waals surface area (Å²) in [6, 6.07) is 0. The van der Waals surface area contributed by atoms with Crippen LogP contribution in [-0.4, -0.2) is 34.1 Å². The maximum Gasteiger partial charge on any atom is 0.206 e. The fraction of sp³-hybridized carbons (Fsp3) is 1.00. The van der Waals surface area contributed by atoms with Crippen LogP contribution >= 0.6 is 0 Å². The average molecular weight is 156 g/mol. The molecule has 9 heavy (non-hydrogen) atoms. The van der Waals surface area contributed by atoms with E-state index in [-0.39, 0.29) is 18.7 Å². The van der Waals surface area contributed by atoms with Gasteiger partial charge in [-0.05, 0) is 0 Å². The Kier molecular flexibility index (Phi) is 10.8. The van der Waals surface area contributed by atoms with E-state index in [9.17, 15) is 0 Å². The molecule has 0 saturated carbocycles. The first-order valence-corrected chi connectivity index (χ1v) is 2.68. The Morgan fingerprint density at radius 1 is 1.33 bits per heavy atom. The Balaban J connectivity index is 0. The van der Waals surface area contributed by atoms with Gasteiger partial charge < -0.3 is 27.2 Å². The van der Waals surface area contributed by atoms with E-state index in [1.165, 1.54) is 0 Å². The standard InChI is InChI=1S/C5H13NO2.ClH/c1-6-4-5(7-2)8-3;/h5-6H,4H2,1-3H3;1H. The molecule has 0 atom stereocenters. The predicted molar refractivity (Wildman–Crippen MR) is 30.5 cm³/mol. The summed E-state index contributed by atoms with van der Waals surface area (Å²) in [5.74, 6) is 0. The van der Waals surface area contributed by atoms with Crippen LogP contribution in [0.2, 0.25) is 0 Å². The van der Waals surface area contributed by atoms with Gasteiger partial charge in [-0.15, -0.1) is 0 Å². The van der Waals surface area contributed by atoms with Crippen LogP contribution in [0.5, 0.6) is 0 Å². The zero-order valence-electron chi connectivity index (χ0n) is 6.06. The highest BCUT2D eigenvalue weighted by atomic mass is 35.5. The van der Waals surface area contributed by atoms with Crippen molar-refractivity contribution in [1.29, 1.82) is 0 Å². The molecule has 0 rings (SSSR count). The summed E-state index contributed by atoms with van der Waals surface area (Å²) in [5.41, 5.74) is 0. The number of quaternary nitrogens is 1. The molecule has 0 heterocycles. The van der Waals surface area contributed by atoms with Gasteiger partial charge in [-0.3, -0.25) is 0 Å². The van der Waals surface area contributed by atoms with Crippen LogP contribution in [0.1, 0.15) is 0 Å². The number of likely N-dealkylation sites (N-methyl/N-ethyl adjacent to an activating group) is 1. The van der Waals surface area contributed by atoms with E-state index in [4.69, 9.17) is 9.47 Å². The van der Waals surface area contributed by atoms with Gasteiger partial charge in [0.15, 0.2) is 0 Å². The fourth-order valence-corrected chi connectivity index (χ4v) is 0.481. The lowest BCUT2D eigenvalue weighted by Crippen LogP contribution is -3.00.